The van der Waals surface area contributed by atoms with E-state index in [1.165, 1.54) is 10.1 Å². The van der Waals surface area contributed by atoms with E-state index < -0.39 is 6.09 Å². The molecule has 0 atom stereocenters. The van der Waals surface area contributed by atoms with Crippen molar-refractivity contribution in [2.75, 3.05) is 20.7 Å². The van der Waals surface area contributed by atoms with Crippen molar-refractivity contribution >= 4 is 33.1 Å². The van der Waals surface area contributed by atoms with Crippen molar-refractivity contribution in [3.05, 3.63) is 52.8 Å². The average molecular weight is 430 g/mol. The van der Waals surface area contributed by atoms with Crippen LogP contribution in [0.25, 0.3) is 22.2 Å². The second-order valence-corrected chi connectivity index (χ2v) is 7.76. The summed E-state index contributed by atoms with van der Waals surface area (Å²) < 4.78 is 7.76. The molecule has 1 aromatic carbocycles. The van der Waals surface area contributed by atoms with Gasteiger partial charge in [-0.3, -0.25) is 0 Å². The van der Waals surface area contributed by atoms with Crippen LogP contribution in [0.4, 0.5) is 4.79 Å². The van der Waals surface area contributed by atoms with E-state index in [-0.39, 0.29) is 0 Å². The summed E-state index contributed by atoms with van der Waals surface area (Å²) in [5.41, 5.74) is 3.85. The molecule has 5 nitrogen and oxygen atoms in total. The SMILES string of the molecule is CCCCOC(=O)n1cc(-c2ccc(CN(C)C)cc2)c2cc(Br)cnc21. The number of ether oxygens (including phenoxy) is 1. The highest BCUT2D eigenvalue weighted by molar-refractivity contribution is 9.10. The Hall–Kier alpha value is -2.18. The minimum atomic E-state index is -0.390. The number of halogens is 1. The molecule has 0 saturated carbocycles. The molecule has 142 valence electrons. The lowest BCUT2D eigenvalue weighted by Gasteiger charge is -2.10. The molecular formula is C21H24BrN3O2. The first kappa shape index (κ1) is 19.6. The summed E-state index contributed by atoms with van der Waals surface area (Å²) in [6.07, 6.45) is 4.96. The van der Waals surface area contributed by atoms with Gasteiger partial charge in [-0.15, -0.1) is 0 Å². The fourth-order valence-electron chi connectivity index (χ4n) is 2.98. The van der Waals surface area contributed by atoms with Gasteiger partial charge in [-0.1, -0.05) is 37.6 Å². The molecular weight excluding hydrogens is 406 g/mol. The van der Waals surface area contributed by atoms with Crippen molar-refractivity contribution in [3.8, 4) is 11.1 Å². The Morgan fingerprint density at radius 1 is 1.26 bits per heavy atom. The summed E-state index contributed by atoms with van der Waals surface area (Å²) in [6.45, 7) is 3.37. The van der Waals surface area contributed by atoms with Crippen LogP contribution >= 0.6 is 15.9 Å². The van der Waals surface area contributed by atoms with Crippen LogP contribution in [0.2, 0.25) is 0 Å². The van der Waals surface area contributed by atoms with Gasteiger partial charge < -0.3 is 9.64 Å². The van der Waals surface area contributed by atoms with Crippen molar-refractivity contribution in [1.29, 1.82) is 0 Å². The molecule has 0 unspecified atom stereocenters. The van der Waals surface area contributed by atoms with Crippen LogP contribution in [-0.4, -0.2) is 41.2 Å². The third-order valence-corrected chi connectivity index (χ3v) is 4.73. The second kappa shape index (κ2) is 8.67. The quantitative estimate of drug-likeness (QED) is 0.497. The molecule has 0 fully saturated rings. The van der Waals surface area contributed by atoms with Crippen molar-refractivity contribution in [2.24, 2.45) is 0 Å². The summed E-state index contributed by atoms with van der Waals surface area (Å²) in [5, 5.41) is 0.914. The maximum Gasteiger partial charge on any atom is 0.419 e. The third-order valence-electron chi connectivity index (χ3n) is 4.29. The van der Waals surface area contributed by atoms with Gasteiger partial charge in [-0.2, -0.15) is 0 Å². The van der Waals surface area contributed by atoms with Crippen molar-refractivity contribution in [1.82, 2.24) is 14.5 Å². The van der Waals surface area contributed by atoms with Gasteiger partial charge in [0.05, 0.1) is 6.61 Å². The average Bonchev–Trinajstić information content (AvgIpc) is 3.01. The highest BCUT2D eigenvalue weighted by Crippen LogP contribution is 2.32. The number of fused-ring (bicyclic) bond motifs is 1. The molecule has 3 rings (SSSR count). The Bertz CT molecular complexity index is 932. The van der Waals surface area contributed by atoms with Crippen LogP contribution in [0.15, 0.2) is 47.2 Å². The lowest BCUT2D eigenvalue weighted by atomic mass is 10.0. The van der Waals surface area contributed by atoms with Crippen molar-refractivity contribution in [3.63, 3.8) is 0 Å². The van der Waals surface area contributed by atoms with Crippen LogP contribution in [0, 0.1) is 0 Å². The molecule has 0 bridgehead atoms. The first-order chi connectivity index (χ1) is 13.0. The topological polar surface area (TPSA) is 47.4 Å². The van der Waals surface area contributed by atoms with E-state index in [2.05, 4.69) is 71.1 Å². The van der Waals surface area contributed by atoms with Gasteiger partial charge in [0.15, 0.2) is 0 Å². The predicted molar refractivity (Wildman–Crippen MR) is 112 cm³/mol. The summed E-state index contributed by atoms with van der Waals surface area (Å²) in [4.78, 5) is 19.1. The Morgan fingerprint density at radius 3 is 2.67 bits per heavy atom. The maximum atomic E-state index is 12.5. The second-order valence-electron chi connectivity index (χ2n) is 6.84. The number of carbonyl (C=O) groups excluding carboxylic acids is 1. The molecule has 27 heavy (non-hydrogen) atoms. The highest BCUT2D eigenvalue weighted by atomic mass is 79.9. The van der Waals surface area contributed by atoms with Crippen LogP contribution < -0.4 is 0 Å². The molecule has 0 saturated heterocycles. The fourth-order valence-corrected chi connectivity index (χ4v) is 3.31. The summed E-state index contributed by atoms with van der Waals surface area (Å²) in [6, 6.07) is 10.4. The molecule has 2 heterocycles. The third kappa shape index (κ3) is 4.57. The first-order valence-corrected chi connectivity index (χ1v) is 9.86. The molecule has 0 aliphatic rings. The monoisotopic (exact) mass is 429 g/mol. The van der Waals surface area contributed by atoms with Crippen molar-refractivity contribution < 1.29 is 9.53 Å². The number of carbonyl (C=O) groups is 1. The zero-order valence-electron chi connectivity index (χ0n) is 15.9. The normalized spacial score (nSPS) is 11.3. The molecule has 0 aliphatic carbocycles. The van der Waals surface area contributed by atoms with Gasteiger partial charge >= 0.3 is 6.09 Å². The van der Waals surface area contributed by atoms with Crippen LogP contribution in [0.1, 0.15) is 25.3 Å². The van der Waals surface area contributed by atoms with E-state index in [9.17, 15) is 4.79 Å². The van der Waals surface area contributed by atoms with Crippen molar-refractivity contribution in [2.45, 2.75) is 26.3 Å². The molecule has 0 amide bonds. The van der Waals surface area contributed by atoms with Gasteiger partial charge in [0.25, 0.3) is 0 Å². The van der Waals surface area contributed by atoms with Gasteiger partial charge in [0, 0.05) is 34.4 Å². The van der Waals surface area contributed by atoms with Gasteiger partial charge in [-0.25, -0.2) is 14.3 Å². The Morgan fingerprint density at radius 2 is 2.00 bits per heavy atom. The van der Waals surface area contributed by atoms with E-state index in [1.54, 1.807) is 6.20 Å². The number of nitrogens with zero attached hydrogens (tertiary/aromatic N) is 3. The Labute approximate surface area is 168 Å². The lowest BCUT2D eigenvalue weighted by Crippen LogP contribution is -2.13. The molecule has 0 radical (unpaired) electrons. The molecule has 3 aromatic rings. The smallest absolute Gasteiger partial charge is 0.419 e. The number of hydrogen-bond donors (Lipinski definition) is 0. The number of hydrogen-bond acceptors (Lipinski definition) is 4. The van der Waals surface area contributed by atoms with Gasteiger partial charge in [-0.05, 0) is 53.6 Å². The first-order valence-electron chi connectivity index (χ1n) is 9.07. The summed E-state index contributed by atoms with van der Waals surface area (Å²) >= 11 is 3.48. The number of rotatable bonds is 6. The molecule has 6 heteroatoms. The van der Waals surface area contributed by atoms with E-state index >= 15 is 0 Å². The highest BCUT2D eigenvalue weighted by Gasteiger charge is 2.17. The Balaban J connectivity index is 1.99. The van der Waals surface area contributed by atoms with E-state index in [1.807, 2.05) is 12.3 Å². The minimum absolute atomic E-state index is 0.390. The van der Waals surface area contributed by atoms with Crippen LogP contribution in [-0.2, 0) is 11.3 Å². The number of pyridine rings is 1. The van der Waals surface area contributed by atoms with E-state index in [0.717, 1.165) is 40.4 Å². The fraction of sp³-hybridized carbons (Fsp3) is 0.333. The summed E-state index contributed by atoms with van der Waals surface area (Å²) in [5.74, 6) is 0. The maximum absolute atomic E-state index is 12.5. The minimum Gasteiger partial charge on any atom is -0.449 e. The Kier molecular flexibility index (Phi) is 6.29. The zero-order valence-corrected chi connectivity index (χ0v) is 17.5. The predicted octanol–water partition coefficient (Wildman–Crippen LogP) is 5.31. The standard InChI is InChI=1S/C21H24BrN3O2/c1-4-5-10-27-21(26)25-14-19(18-11-17(22)12-23-20(18)25)16-8-6-15(7-9-16)13-24(2)3/h6-9,11-12,14H,4-5,10,13H2,1-3H3. The summed E-state index contributed by atoms with van der Waals surface area (Å²) in [7, 11) is 4.10. The zero-order chi connectivity index (χ0) is 19.4. The number of aromatic nitrogens is 2. The molecule has 0 aliphatic heterocycles. The van der Waals surface area contributed by atoms with Crippen LogP contribution in [0.5, 0.6) is 0 Å². The van der Waals surface area contributed by atoms with Gasteiger partial charge in [0.2, 0.25) is 0 Å². The largest absolute Gasteiger partial charge is 0.449 e. The van der Waals surface area contributed by atoms with Crippen LogP contribution in [0.3, 0.4) is 0 Å². The molecule has 0 spiro atoms. The number of unbranched alkanes of at least 4 members (excludes halogenated alkanes) is 1. The molecule has 2 aromatic heterocycles. The molecule has 0 N–H and O–H groups in total. The van der Waals surface area contributed by atoms with Gasteiger partial charge in [0.1, 0.15) is 5.65 Å². The van der Waals surface area contributed by atoms with E-state index in [4.69, 9.17) is 4.74 Å². The lowest BCUT2D eigenvalue weighted by molar-refractivity contribution is 0.147. The number of benzene rings is 1. The van der Waals surface area contributed by atoms with E-state index in [0.29, 0.717) is 12.3 Å².